The van der Waals surface area contributed by atoms with Gasteiger partial charge in [-0.3, -0.25) is 9.59 Å². The Bertz CT molecular complexity index is 970. The van der Waals surface area contributed by atoms with Crippen LogP contribution in [0.4, 0.5) is 5.69 Å². The van der Waals surface area contributed by atoms with Gasteiger partial charge in [-0.05, 0) is 54.6 Å². The Balaban J connectivity index is 1.60. The fraction of sp³-hybridized carbons (Fsp3) is 0.130. The number of benzene rings is 3. The zero-order valence-electron chi connectivity index (χ0n) is 16.3. The second-order valence-electron chi connectivity index (χ2n) is 6.50. The first-order chi connectivity index (χ1) is 14.0. The molecule has 0 atom stereocenters. The van der Waals surface area contributed by atoms with Gasteiger partial charge < -0.3 is 19.7 Å². The average molecular weight is 390 g/mol. The molecule has 0 spiro atoms. The number of hydrogen-bond acceptors (Lipinski definition) is 4. The van der Waals surface area contributed by atoms with Gasteiger partial charge in [0.1, 0.15) is 17.2 Å². The molecule has 3 aromatic carbocycles. The molecule has 0 aliphatic heterocycles. The van der Waals surface area contributed by atoms with Gasteiger partial charge in [-0.2, -0.15) is 0 Å². The molecule has 0 aromatic heterocycles. The number of nitrogens with one attached hydrogen (secondary N) is 1. The third-order valence-corrected chi connectivity index (χ3v) is 4.05. The summed E-state index contributed by atoms with van der Waals surface area (Å²) in [4.78, 5) is 25.6. The van der Waals surface area contributed by atoms with Gasteiger partial charge in [0.15, 0.2) is 6.61 Å². The lowest BCUT2D eigenvalue weighted by atomic mass is 10.2. The molecule has 29 heavy (non-hydrogen) atoms. The Labute approximate surface area is 169 Å². The minimum absolute atomic E-state index is 0.0348. The van der Waals surface area contributed by atoms with Gasteiger partial charge in [0.05, 0.1) is 0 Å². The van der Waals surface area contributed by atoms with Crippen LogP contribution < -0.4 is 14.8 Å². The van der Waals surface area contributed by atoms with E-state index in [1.807, 2.05) is 30.3 Å². The van der Waals surface area contributed by atoms with Crippen molar-refractivity contribution < 1.29 is 19.1 Å². The number of rotatable bonds is 7. The summed E-state index contributed by atoms with van der Waals surface area (Å²) in [7, 11) is 3.34. The van der Waals surface area contributed by atoms with Crippen LogP contribution in [0, 0.1) is 0 Å². The summed E-state index contributed by atoms with van der Waals surface area (Å²) in [6.07, 6.45) is 0. The SMILES string of the molecule is CN(C)C(=O)COc1ccc(NC(=O)c2cccc(Oc3ccccc3)c2)cc1. The van der Waals surface area contributed by atoms with Crippen LogP contribution in [-0.2, 0) is 4.79 Å². The lowest BCUT2D eigenvalue weighted by Crippen LogP contribution is -2.27. The number of anilines is 1. The zero-order valence-corrected chi connectivity index (χ0v) is 16.3. The Morgan fingerprint density at radius 2 is 1.52 bits per heavy atom. The number of nitrogens with zero attached hydrogens (tertiary/aromatic N) is 1. The summed E-state index contributed by atoms with van der Waals surface area (Å²) < 4.78 is 11.2. The molecule has 0 aliphatic rings. The van der Waals surface area contributed by atoms with E-state index in [-0.39, 0.29) is 18.4 Å². The molecule has 0 saturated heterocycles. The van der Waals surface area contributed by atoms with E-state index in [0.717, 1.165) is 0 Å². The van der Waals surface area contributed by atoms with Gasteiger partial charge in [0.25, 0.3) is 11.8 Å². The maximum atomic E-state index is 12.5. The average Bonchev–Trinajstić information content (AvgIpc) is 2.74. The maximum absolute atomic E-state index is 12.5. The van der Waals surface area contributed by atoms with Crippen molar-refractivity contribution in [2.24, 2.45) is 0 Å². The second-order valence-corrected chi connectivity index (χ2v) is 6.50. The van der Waals surface area contributed by atoms with Crippen LogP contribution in [0.15, 0.2) is 78.9 Å². The lowest BCUT2D eigenvalue weighted by Gasteiger charge is -2.12. The molecule has 0 aliphatic carbocycles. The predicted molar refractivity (Wildman–Crippen MR) is 112 cm³/mol. The number of carbonyl (C=O) groups is 2. The Hall–Kier alpha value is -3.80. The summed E-state index contributed by atoms with van der Waals surface area (Å²) in [5, 5.41) is 2.83. The first-order valence-corrected chi connectivity index (χ1v) is 9.08. The second kappa shape index (κ2) is 9.41. The third kappa shape index (κ3) is 5.84. The zero-order chi connectivity index (χ0) is 20.6. The van der Waals surface area contributed by atoms with E-state index in [9.17, 15) is 9.59 Å². The highest BCUT2D eigenvalue weighted by Crippen LogP contribution is 2.23. The van der Waals surface area contributed by atoms with Gasteiger partial charge in [-0.1, -0.05) is 24.3 Å². The summed E-state index contributed by atoms with van der Waals surface area (Å²) >= 11 is 0. The van der Waals surface area contributed by atoms with Crippen molar-refractivity contribution in [3.63, 3.8) is 0 Å². The number of likely N-dealkylation sites (N-methyl/N-ethyl adjacent to an activating group) is 1. The molecule has 6 heteroatoms. The standard InChI is InChI=1S/C23H22N2O4/c1-25(2)22(26)16-28-19-13-11-18(12-14-19)24-23(27)17-7-6-10-21(15-17)29-20-8-4-3-5-9-20/h3-15H,16H2,1-2H3,(H,24,27). The fourth-order valence-corrected chi connectivity index (χ4v) is 2.44. The topological polar surface area (TPSA) is 67.9 Å². The molecular weight excluding hydrogens is 368 g/mol. The Morgan fingerprint density at radius 1 is 0.828 bits per heavy atom. The van der Waals surface area contributed by atoms with Gasteiger partial charge in [-0.25, -0.2) is 0 Å². The number of hydrogen-bond donors (Lipinski definition) is 1. The molecule has 0 radical (unpaired) electrons. The summed E-state index contributed by atoms with van der Waals surface area (Å²) in [5.41, 5.74) is 1.10. The van der Waals surface area contributed by atoms with E-state index in [1.54, 1.807) is 62.6 Å². The molecule has 148 valence electrons. The minimum atomic E-state index is -0.250. The van der Waals surface area contributed by atoms with Crippen molar-refractivity contribution in [1.29, 1.82) is 0 Å². The quantitative estimate of drug-likeness (QED) is 0.657. The number of para-hydroxylation sites is 1. The first kappa shape index (κ1) is 19.9. The van der Waals surface area contributed by atoms with Gasteiger partial charge in [-0.15, -0.1) is 0 Å². The molecule has 3 aromatic rings. The van der Waals surface area contributed by atoms with Gasteiger partial charge in [0.2, 0.25) is 0 Å². The highest BCUT2D eigenvalue weighted by Gasteiger charge is 2.09. The number of amides is 2. The molecule has 6 nitrogen and oxygen atoms in total. The number of carbonyl (C=O) groups excluding carboxylic acids is 2. The minimum Gasteiger partial charge on any atom is -0.484 e. The summed E-state index contributed by atoms with van der Waals surface area (Å²) in [5.74, 6) is 1.46. The Morgan fingerprint density at radius 3 is 2.21 bits per heavy atom. The van der Waals surface area contributed by atoms with Gasteiger partial charge >= 0.3 is 0 Å². The molecule has 1 N–H and O–H groups in total. The molecule has 2 amide bonds. The largest absolute Gasteiger partial charge is 0.484 e. The van der Waals surface area contributed by atoms with Crippen LogP contribution in [0.25, 0.3) is 0 Å². The molecule has 0 heterocycles. The summed E-state index contributed by atoms with van der Waals surface area (Å²) in [6, 6.07) is 23.2. The first-order valence-electron chi connectivity index (χ1n) is 9.08. The van der Waals surface area contributed by atoms with E-state index < -0.39 is 0 Å². The smallest absolute Gasteiger partial charge is 0.259 e. The van der Waals surface area contributed by atoms with Crippen LogP contribution in [0.2, 0.25) is 0 Å². The van der Waals surface area contributed by atoms with E-state index in [4.69, 9.17) is 9.47 Å². The highest BCUT2D eigenvalue weighted by atomic mass is 16.5. The monoisotopic (exact) mass is 390 g/mol. The lowest BCUT2D eigenvalue weighted by molar-refractivity contribution is -0.130. The fourth-order valence-electron chi connectivity index (χ4n) is 2.44. The molecule has 0 bridgehead atoms. The molecular formula is C23H22N2O4. The number of ether oxygens (including phenoxy) is 2. The van der Waals surface area contributed by atoms with Crippen LogP contribution in [0.3, 0.4) is 0 Å². The van der Waals surface area contributed by atoms with E-state index in [2.05, 4.69) is 5.32 Å². The van der Waals surface area contributed by atoms with Crippen molar-refractivity contribution >= 4 is 17.5 Å². The predicted octanol–water partition coefficient (Wildman–Crippen LogP) is 4.20. The maximum Gasteiger partial charge on any atom is 0.259 e. The highest BCUT2D eigenvalue weighted by molar-refractivity contribution is 6.04. The summed E-state index contributed by atoms with van der Waals surface area (Å²) in [6.45, 7) is -0.0348. The van der Waals surface area contributed by atoms with Gasteiger partial charge in [0, 0.05) is 25.3 Å². The van der Waals surface area contributed by atoms with Crippen LogP contribution in [-0.4, -0.2) is 37.4 Å². The van der Waals surface area contributed by atoms with E-state index in [1.165, 1.54) is 4.90 Å². The van der Waals surface area contributed by atoms with Crippen LogP contribution >= 0.6 is 0 Å². The molecule has 0 saturated carbocycles. The van der Waals surface area contributed by atoms with Crippen molar-refractivity contribution in [2.75, 3.05) is 26.0 Å². The third-order valence-electron chi connectivity index (χ3n) is 4.05. The van der Waals surface area contributed by atoms with Crippen LogP contribution in [0.5, 0.6) is 17.2 Å². The van der Waals surface area contributed by atoms with Crippen molar-refractivity contribution in [1.82, 2.24) is 4.90 Å². The van der Waals surface area contributed by atoms with E-state index in [0.29, 0.717) is 28.5 Å². The normalized spacial score (nSPS) is 10.1. The van der Waals surface area contributed by atoms with Crippen molar-refractivity contribution in [3.05, 3.63) is 84.4 Å². The Kier molecular flexibility index (Phi) is 6.47. The van der Waals surface area contributed by atoms with Crippen LogP contribution in [0.1, 0.15) is 10.4 Å². The van der Waals surface area contributed by atoms with E-state index >= 15 is 0 Å². The molecule has 0 unspecified atom stereocenters. The van der Waals surface area contributed by atoms with Crippen molar-refractivity contribution in [3.8, 4) is 17.2 Å². The molecule has 0 fully saturated rings. The van der Waals surface area contributed by atoms with Crippen molar-refractivity contribution in [2.45, 2.75) is 0 Å². The molecule has 3 rings (SSSR count).